The van der Waals surface area contributed by atoms with Crippen molar-refractivity contribution in [3.63, 3.8) is 0 Å². The summed E-state index contributed by atoms with van der Waals surface area (Å²) in [5, 5.41) is 2.98. The molecule has 52 valence electrons. The van der Waals surface area contributed by atoms with E-state index in [-0.39, 0.29) is 0 Å². The second-order valence-electron chi connectivity index (χ2n) is 4.08. The first-order valence-corrected chi connectivity index (χ1v) is 10.8. The van der Waals surface area contributed by atoms with Crippen LogP contribution in [-0.4, -0.2) is 13.3 Å². The Hall–Kier alpha value is 0.283. The van der Waals surface area contributed by atoms with Crippen LogP contribution in [0.3, 0.4) is 0 Å². The number of rotatable bonds is 0. The van der Waals surface area contributed by atoms with Gasteiger partial charge in [0.25, 0.3) is 0 Å². The van der Waals surface area contributed by atoms with Crippen molar-refractivity contribution in [1.29, 1.82) is 0 Å². The van der Waals surface area contributed by atoms with E-state index >= 15 is 0 Å². The number of hydrogen-bond acceptors (Lipinski definition) is 0. The van der Waals surface area contributed by atoms with Gasteiger partial charge in [-0.3, -0.25) is 0 Å². The van der Waals surface area contributed by atoms with Gasteiger partial charge in [-0.2, -0.15) is 0 Å². The average Bonchev–Trinajstić information content (AvgIpc) is 1.79. The molecule has 0 nitrogen and oxygen atoms in total. The minimum atomic E-state index is -1.20. The molecule has 0 unspecified atom stereocenters. The quantitative estimate of drug-likeness (QED) is 0.401. The van der Waals surface area contributed by atoms with Crippen molar-refractivity contribution in [2.75, 3.05) is 0 Å². The molecule has 1 heterocycles. The molecule has 1 rings (SSSR count). The fourth-order valence-corrected chi connectivity index (χ4v) is 9.35. The zero-order chi connectivity index (χ0) is 7.07. The van der Waals surface area contributed by atoms with E-state index in [1.54, 1.807) is 11.1 Å². The molecular formula is C8H16Ge. The maximum absolute atomic E-state index is 2.53. The van der Waals surface area contributed by atoms with Crippen molar-refractivity contribution >= 4 is 13.3 Å². The third-order valence-corrected chi connectivity index (χ3v) is 8.46. The summed E-state index contributed by atoms with van der Waals surface area (Å²) in [5.74, 6) is 5.06. The number of hydrogen-bond donors (Lipinski definition) is 0. The van der Waals surface area contributed by atoms with Gasteiger partial charge in [0.05, 0.1) is 0 Å². The molecule has 0 saturated carbocycles. The predicted molar refractivity (Wildman–Crippen MR) is 45.5 cm³/mol. The van der Waals surface area contributed by atoms with E-state index in [4.69, 9.17) is 0 Å². The van der Waals surface area contributed by atoms with Crippen molar-refractivity contribution in [1.82, 2.24) is 0 Å². The summed E-state index contributed by atoms with van der Waals surface area (Å²) in [5.41, 5.74) is 3.39. The van der Waals surface area contributed by atoms with Gasteiger partial charge >= 0.3 is 60.3 Å². The molecule has 0 radical (unpaired) electrons. The van der Waals surface area contributed by atoms with Gasteiger partial charge in [0.1, 0.15) is 0 Å². The zero-order valence-corrected chi connectivity index (χ0v) is 9.01. The molecule has 0 aliphatic carbocycles. The summed E-state index contributed by atoms with van der Waals surface area (Å²) >= 11 is -1.20. The Morgan fingerprint density at radius 1 is 1.00 bits per heavy atom. The SMILES string of the molecule is CC1=C(C)[CH2][Ge]([CH3])([CH3])[CH2]1. The van der Waals surface area contributed by atoms with Crippen LogP contribution in [0.15, 0.2) is 11.1 Å². The van der Waals surface area contributed by atoms with E-state index in [0.717, 1.165) is 0 Å². The zero-order valence-electron chi connectivity index (χ0n) is 6.91. The monoisotopic (exact) mass is 186 g/mol. The second-order valence-corrected chi connectivity index (χ2v) is 14.6. The van der Waals surface area contributed by atoms with Crippen LogP contribution in [0.1, 0.15) is 13.8 Å². The first kappa shape index (κ1) is 7.39. The summed E-state index contributed by atoms with van der Waals surface area (Å²) in [7, 11) is 0. The van der Waals surface area contributed by atoms with E-state index in [9.17, 15) is 0 Å². The summed E-state index contributed by atoms with van der Waals surface area (Å²) < 4.78 is 0. The Kier molecular flexibility index (Phi) is 1.77. The van der Waals surface area contributed by atoms with Crippen LogP contribution in [0.5, 0.6) is 0 Å². The predicted octanol–water partition coefficient (Wildman–Crippen LogP) is 3.04. The van der Waals surface area contributed by atoms with Gasteiger partial charge in [0.2, 0.25) is 0 Å². The van der Waals surface area contributed by atoms with Gasteiger partial charge in [-0.05, 0) is 0 Å². The topological polar surface area (TPSA) is 0 Å². The molecule has 0 amide bonds. The third-order valence-electron chi connectivity index (χ3n) is 2.22. The van der Waals surface area contributed by atoms with Crippen LogP contribution in [0, 0.1) is 0 Å². The molecule has 0 saturated heterocycles. The van der Waals surface area contributed by atoms with E-state index in [1.807, 2.05) is 0 Å². The Bertz CT molecular complexity index is 138. The van der Waals surface area contributed by atoms with Crippen LogP contribution in [0.25, 0.3) is 0 Å². The summed E-state index contributed by atoms with van der Waals surface area (Å²) in [4.78, 5) is 0. The molecule has 0 aromatic heterocycles. The van der Waals surface area contributed by atoms with E-state index < -0.39 is 13.3 Å². The van der Waals surface area contributed by atoms with Crippen LogP contribution < -0.4 is 0 Å². The van der Waals surface area contributed by atoms with Crippen molar-refractivity contribution in [3.05, 3.63) is 11.1 Å². The normalized spacial score (nSPS) is 25.3. The van der Waals surface area contributed by atoms with Crippen LogP contribution in [-0.2, 0) is 0 Å². The molecule has 9 heavy (non-hydrogen) atoms. The molecule has 1 aliphatic heterocycles. The third kappa shape index (κ3) is 1.60. The molecule has 0 aromatic carbocycles. The Balaban J connectivity index is 2.70. The first-order valence-electron chi connectivity index (χ1n) is 3.66. The molecule has 1 heteroatoms. The van der Waals surface area contributed by atoms with Crippen molar-refractivity contribution in [3.8, 4) is 0 Å². The minimum absolute atomic E-state index is 1.20. The average molecular weight is 185 g/mol. The summed E-state index contributed by atoms with van der Waals surface area (Å²) in [6.07, 6.45) is 0. The summed E-state index contributed by atoms with van der Waals surface area (Å²) in [6, 6.07) is 0. The van der Waals surface area contributed by atoms with Gasteiger partial charge in [-0.25, -0.2) is 0 Å². The molecule has 0 bridgehead atoms. The molecule has 1 aliphatic rings. The Morgan fingerprint density at radius 3 is 1.44 bits per heavy atom. The molecule has 0 fully saturated rings. The van der Waals surface area contributed by atoms with Crippen molar-refractivity contribution < 1.29 is 0 Å². The van der Waals surface area contributed by atoms with Gasteiger partial charge < -0.3 is 0 Å². The molecule has 0 spiro atoms. The fourth-order valence-electron chi connectivity index (χ4n) is 1.80. The van der Waals surface area contributed by atoms with Crippen molar-refractivity contribution in [2.45, 2.75) is 35.9 Å². The van der Waals surface area contributed by atoms with Gasteiger partial charge in [-0.1, -0.05) is 0 Å². The van der Waals surface area contributed by atoms with Gasteiger partial charge in [-0.15, -0.1) is 0 Å². The standard InChI is InChI=1S/C8H16Ge/c1-7-5-9(3,4)6-8(7)2/h5-6H2,1-4H3. The molecule has 0 N–H and O–H groups in total. The fraction of sp³-hybridized carbons (Fsp3) is 0.750. The van der Waals surface area contributed by atoms with Crippen LogP contribution in [0.4, 0.5) is 0 Å². The van der Waals surface area contributed by atoms with Gasteiger partial charge in [0, 0.05) is 0 Å². The Labute approximate surface area is 60.7 Å². The van der Waals surface area contributed by atoms with E-state index in [1.165, 1.54) is 10.5 Å². The van der Waals surface area contributed by atoms with Crippen LogP contribution in [0.2, 0.25) is 22.0 Å². The molecule has 0 aromatic rings. The number of allylic oxidation sites excluding steroid dienone is 2. The van der Waals surface area contributed by atoms with Crippen LogP contribution >= 0.6 is 0 Å². The van der Waals surface area contributed by atoms with E-state index in [2.05, 4.69) is 25.4 Å². The second kappa shape index (κ2) is 2.15. The maximum atomic E-state index is 2.53. The summed E-state index contributed by atoms with van der Waals surface area (Å²) in [6.45, 7) is 4.60. The molecule has 0 atom stereocenters. The van der Waals surface area contributed by atoms with Gasteiger partial charge in [0.15, 0.2) is 0 Å². The van der Waals surface area contributed by atoms with Crippen molar-refractivity contribution in [2.24, 2.45) is 0 Å². The molecular weight excluding hydrogens is 169 g/mol. The Morgan fingerprint density at radius 2 is 1.33 bits per heavy atom. The van der Waals surface area contributed by atoms with E-state index in [0.29, 0.717) is 0 Å². The first-order chi connectivity index (χ1) is 4.01.